The highest BCUT2D eigenvalue weighted by atomic mass is 32.2. The average Bonchev–Trinajstić information content (AvgIpc) is 2.85. The number of anilines is 2. The molecule has 0 aliphatic rings. The molecule has 1 aromatic carbocycles. The van der Waals surface area contributed by atoms with Gasteiger partial charge in [-0.05, 0) is 0 Å². The Kier molecular flexibility index (Phi) is 3.95. The summed E-state index contributed by atoms with van der Waals surface area (Å²) in [4.78, 5) is 0. The second kappa shape index (κ2) is 5.51. The maximum Gasteiger partial charge on any atom is 0.291 e. The van der Waals surface area contributed by atoms with Gasteiger partial charge in [-0.3, -0.25) is 4.72 Å². The average molecular weight is 316 g/mol. The quantitative estimate of drug-likeness (QED) is 0.843. The molecule has 0 fully saturated rings. The number of nitrogen functional groups attached to an aromatic ring is 1. The number of sulfonamides is 1. The maximum atomic E-state index is 12.1. The molecule has 2 rings (SSSR count). The minimum atomic E-state index is -3.84. The zero-order chi connectivity index (χ0) is 14.8. The van der Waals surface area contributed by atoms with Crippen molar-refractivity contribution in [1.29, 1.82) is 0 Å². The Bertz CT molecular complexity index is 692. The van der Waals surface area contributed by atoms with Crippen molar-refractivity contribution in [2.45, 2.75) is 4.34 Å². The summed E-state index contributed by atoms with van der Waals surface area (Å²) in [6, 6.07) is 4.66. The van der Waals surface area contributed by atoms with Gasteiger partial charge in [0.05, 0.1) is 19.9 Å². The molecule has 0 bridgehead atoms. The van der Waals surface area contributed by atoms with Gasteiger partial charge in [0.15, 0.2) is 0 Å². The summed E-state index contributed by atoms with van der Waals surface area (Å²) in [6.45, 7) is 0. The Morgan fingerprint density at radius 1 is 1.15 bits per heavy atom. The van der Waals surface area contributed by atoms with Crippen molar-refractivity contribution < 1.29 is 17.9 Å². The third kappa shape index (κ3) is 3.08. The molecule has 0 aliphatic carbocycles. The zero-order valence-corrected chi connectivity index (χ0v) is 12.3. The molecule has 20 heavy (non-hydrogen) atoms. The Morgan fingerprint density at radius 2 is 1.75 bits per heavy atom. The van der Waals surface area contributed by atoms with Crippen LogP contribution in [-0.4, -0.2) is 32.8 Å². The van der Waals surface area contributed by atoms with Crippen LogP contribution in [0.4, 0.5) is 10.8 Å². The first kappa shape index (κ1) is 14.3. The predicted octanol–water partition coefficient (Wildman–Crippen LogP) is 0.938. The van der Waals surface area contributed by atoms with Crippen molar-refractivity contribution >= 4 is 32.2 Å². The Morgan fingerprint density at radius 3 is 2.20 bits per heavy atom. The van der Waals surface area contributed by atoms with E-state index in [0.29, 0.717) is 11.5 Å². The monoisotopic (exact) mass is 316 g/mol. The van der Waals surface area contributed by atoms with Crippen LogP contribution in [0.2, 0.25) is 0 Å². The van der Waals surface area contributed by atoms with Crippen molar-refractivity contribution in [2.75, 3.05) is 24.7 Å². The Hall–Kier alpha value is -2.07. The Labute approximate surface area is 119 Å². The number of nitrogens with zero attached hydrogens (tertiary/aromatic N) is 2. The van der Waals surface area contributed by atoms with Crippen LogP contribution in [0.25, 0.3) is 0 Å². The SMILES string of the molecule is COc1cc(NS(=O)(=O)c2nnc(N)s2)cc(OC)c1. The largest absolute Gasteiger partial charge is 0.497 e. The summed E-state index contributed by atoms with van der Waals surface area (Å²) in [5.41, 5.74) is 5.66. The van der Waals surface area contributed by atoms with Gasteiger partial charge in [0.25, 0.3) is 14.4 Å². The van der Waals surface area contributed by atoms with Crippen LogP contribution >= 0.6 is 11.3 Å². The summed E-state index contributed by atoms with van der Waals surface area (Å²) in [7, 11) is -0.897. The van der Waals surface area contributed by atoms with Crippen LogP contribution in [0.3, 0.4) is 0 Å². The molecule has 8 nitrogen and oxygen atoms in total. The molecule has 0 saturated carbocycles. The fourth-order valence-electron chi connectivity index (χ4n) is 1.39. The first-order valence-corrected chi connectivity index (χ1v) is 7.59. The van der Waals surface area contributed by atoms with Crippen LogP contribution < -0.4 is 19.9 Å². The number of nitrogens with two attached hydrogens (primary N) is 1. The molecule has 2 aromatic rings. The van der Waals surface area contributed by atoms with Gasteiger partial charge in [-0.25, -0.2) is 0 Å². The van der Waals surface area contributed by atoms with E-state index in [9.17, 15) is 8.42 Å². The minimum absolute atomic E-state index is 0.0774. The fourth-order valence-corrected chi connectivity index (χ4v) is 3.22. The van der Waals surface area contributed by atoms with Gasteiger partial charge in [-0.1, -0.05) is 11.3 Å². The van der Waals surface area contributed by atoms with E-state index in [4.69, 9.17) is 15.2 Å². The van der Waals surface area contributed by atoms with E-state index in [0.717, 1.165) is 11.3 Å². The molecule has 0 spiro atoms. The van der Waals surface area contributed by atoms with Gasteiger partial charge in [-0.2, -0.15) is 8.42 Å². The molecule has 0 radical (unpaired) electrons. The third-order valence-corrected chi connectivity index (χ3v) is 4.76. The van der Waals surface area contributed by atoms with E-state index in [-0.39, 0.29) is 15.2 Å². The fraction of sp³-hybridized carbons (Fsp3) is 0.200. The number of hydrogen-bond acceptors (Lipinski definition) is 8. The van der Waals surface area contributed by atoms with Gasteiger partial charge in [0, 0.05) is 18.2 Å². The molecule has 108 valence electrons. The number of methoxy groups -OCH3 is 2. The lowest BCUT2D eigenvalue weighted by Gasteiger charge is -2.09. The first-order chi connectivity index (χ1) is 9.44. The standard InChI is InChI=1S/C10H12N4O4S2/c1-17-7-3-6(4-8(5-7)18-2)14-20(15,16)10-13-12-9(11)19-10/h3-5,14H,1-2H3,(H2,11,12). The normalized spacial score (nSPS) is 11.1. The van der Waals surface area contributed by atoms with Gasteiger partial charge in [-0.15, -0.1) is 10.2 Å². The number of nitrogens with one attached hydrogen (secondary N) is 1. The first-order valence-electron chi connectivity index (χ1n) is 5.29. The summed E-state index contributed by atoms with van der Waals surface area (Å²) >= 11 is 0.776. The lowest BCUT2D eigenvalue weighted by atomic mass is 10.3. The second-order valence-electron chi connectivity index (χ2n) is 3.61. The van der Waals surface area contributed by atoms with Crippen LogP contribution in [0, 0.1) is 0 Å². The molecule has 3 N–H and O–H groups in total. The van der Waals surface area contributed by atoms with E-state index < -0.39 is 10.0 Å². The molecule has 10 heteroatoms. The highest BCUT2D eigenvalue weighted by molar-refractivity contribution is 7.94. The number of rotatable bonds is 5. The van der Waals surface area contributed by atoms with Gasteiger partial charge >= 0.3 is 0 Å². The van der Waals surface area contributed by atoms with Gasteiger partial charge < -0.3 is 15.2 Å². The molecule has 0 saturated heterocycles. The van der Waals surface area contributed by atoms with Crippen molar-refractivity contribution in [3.63, 3.8) is 0 Å². The molecular formula is C10H12N4O4S2. The molecule has 0 amide bonds. The second-order valence-corrected chi connectivity index (χ2v) is 6.48. The lowest BCUT2D eigenvalue weighted by molar-refractivity contribution is 0.395. The lowest BCUT2D eigenvalue weighted by Crippen LogP contribution is -2.12. The smallest absolute Gasteiger partial charge is 0.291 e. The van der Waals surface area contributed by atoms with Crippen LogP contribution in [0.15, 0.2) is 22.5 Å². The van der Waals surface area contributed by atoms with Crippen molar-refractivity contribution in [3.8, 4) is 11.5 Å². The van der Waals surface area contributed by atoms with E-state index in [1.54, 1.807) is 6.07 Å². The van der Waals surface area contributed by atoms with Gasteiger partial charge in [0.2, 0.25) is 5.13 Å². The van der Waals surface area contributed by atoms with Crippen molar-refractivity contribution in [2.24, 2.45) is 0 Å². The van der Waals surface area contributed by atoms with Crippen molar-refractivity contribution in [1.82, 2.24) is 10.2 Å². The van der Waals surface area contributed by atoms with Crippen LogP contribution in [0.1, 0.15) is 0 Å². The minimum Gasteiger partial charge on any atom is -0.497 e. The molecular weight excluding hydrogens is 304 g/mol. The van der Waals surface area contributed by atoms with Crippen molar-refractivity contribution in [3.05, 3.63) is 18.2 Å². The molecule has 0 atom stereocenters. The van der Waals surface area contributed by atoms with E-state index >= 15 is 0 Å². The Balaban J connectivity index is 2.33. The molecule has 0 aliphatic heterocycles. The van der Waals surface area contributed by atoms with Crippen LogP contribution in [-0.2, 0) is 10.0 Å². The molecule has 1 heterocycles. The van der Waals surface area contributed by atoms with E-state index in [1.807, 2.05) is 0 Å². The number of ether oxygens (including phenoxy) is 2. The van der Waals surface area contributed by atoms with E-state index in [1.165, 1.54) is 26.4 Å². The highest BCUT2D eigenvalue weighted by Crippen LogP contribution is 2.28. The molecule has 1 aromatic heterocycles. The maximum absolute atomic E-state index is 12.1. The highest BCUT2D eigenvalue weighted by Gasteiger charge is 2.20. The summed E-state index contributed by atoms with van der Waals surface area (Å²) in [5, 5.41) is 7.05. The van der Waals surface area contributed by atoms with E-state index in [2.05, 4.69) is 14.9 Å². The van der Waals surface area contributed by atoms with Gasteiger partial charge in [0.1, 0.15) is 11.5 Å². The van der Waals surface area contributed by atoms with Crippen LogP contribution in [0.5, 0.6) is 11.5 Å². The number of aromatic nitrogens is 2. The topological polar surface area (TPSA) is 116 Å². The third-order valence-electron chi connectivity index (χ3n) is 2.26. The number of hydrogen-bond donors (Lipinski definition) is 2. The summed E-state index contributed by atoms with van der Waals surface area (Å²) < 4.78 is 36.4. The molecule has 0 unspecified atom stereocenters. The number of benzene rings is 1. The summed E-state index contributed by atoms with van der Waals surface area (Å²) in [5.74, 6) is 0.914. The predicted molar refractivity (Wildman–Crippen MR) is 74.7 cm³/mol. The zero-order valence-electron chi connectivity index (χ0n) is 10.7. The summed E-state index contributed by atoms with van der Waals surface area (Å²) in [6.07, 6.45) is 0.